The first-order valence-electron chi connectivity index (χ1n) is 6.23. The van der Waals surface area contributed by atoms with Crippen LogP contribution >= 0.6 is 11.6 Å². The van der Waals surface area contributed by atoms with E-state index in [2.05, 4.69) is 20.8 Å². The molecule has 2 unspecified atom stereocenters. The standard InChI is InChI=1S/C13H25Cl/c1-10-4-8-13(9-5-10)11(2)6-7-12(3)14/h10-13H,4-9H2,1-3H3. The first-order chi connectivity index (χ1) is 6.59. The van der Waals surface area contributed by atoms with E-state index in [0.717, 1.165) is 17.8 Å². The van der Waals surface area contributed by atoms with Gasteiger partial charge in [0.05, 0.1) is 0 Å². The first kappa shape index (κ1) is 12.4. The van der Waals surface area contributed by atoms with E-state index in [9.17, 15) is 0 Å². The Balaban J connectivity index is 2.20. The second-order valence-corrected chi connectivity index (χ2v) is 6.10. The summed E-state index contributed by atoms with van der Waals surface area (Å²) in [4.78, 5) is 0. The van der Waals surface area contributed by atoms with Crippen LogP contribution in [-0.4, -0.2) is 5.38 Å². The molecule has 0 N–H and O–H groups in total. The molecule has 0 aromatic carbocycles. The van der Waals surface area contributed by atoms with Crippen molar-refractivity contribution in [1.82, 2.24) is 0 Å². The van der Waals surface area contributed by atoms with Crippen LogP contribution in [0, 0.1) is 17.8 Å². The third-order valence-corrected chi connectivity index (χ3v) is 4.10. The van der Waals surface area contributed by atoms with Crippen LogP contribution in [0.3, 0.4) is 0 Å². The van der Waals surface area contributed by atoms with Gasteiger partial charge in [0.25, 0.3) is 0 Å². The molecule has 84 valence electrons. The minimum Gasteiger partial charge on any atom is -0.123 e. The predicted molar refractivity (Wildman–Crippen MR) is 64.8 cm³/mol. The second kappa shape index (κ2) is 6.00. The van der Waals surface area contributed by atoms with E-state index >= 15 is 0 Å². The van der Waals surface area contributed by atoms with Crippen LogP contribution < -0.4 is 0 Å². The lowest BCUT2D eigenvalue weighted by atomic mass is 9.75. The van der Waals surface area contributed by atoms with Crippen molar-refractivity contribution in [3.8, 4) is 0 Å². The maximum Gasteiger partial charge on any atom is 0.0307 e. The molecule has 0 saturated heterocycles. The van der Waals surface area contributed by atoms with Crippen LogP contribution in [-0.2, 0) is 0 Å². The molecule has 0 radical (unpaired) electrons. The number of rotatable bonds is 4. The van der Waals surface area contributed by atoms with E-state index < -0.39 is 0 Å². The normalized spacial score (nSPS) is 32.6. The molecule has 0 heterocycles. The lowest BCUT2D eigenvalue weighted by Gasteiger charge is -2.31. The van der Waals surface area contributed by atoms with Gasteiger partial charge in [0.15, 0.2) is 0 Å². The van der Waals surface area contributed by atoms with Crippen LogP contribution in [0.5, 0.6) is 0 Å². The Morgan fingerprint density at radius 3 is 2.14 bits per heavy atom. The van der Waals surface area contributed by atoms with E-state index in [-0.39, 0.29) is 0 Å². The highest BCUT2D eigenvalue weighted by molar-refractivity contribution is 6.20. The summed E-state index contributed by atoms with van der Waals surface area (Å²) in [5.74, 6) is 2.86. The molecule has 0 aromatic rings. The molecule has 1 aliphatic rings. The Morgan fingerprint density at radius 2 is 1.64 bits per heavy atom. The topological polar surface area (TPSA) is 0 Å². The van der Waals surface area contributed by atoms with Crippen molar-refractivity contribution in [2.45, 2.75) is 64.7 Å². The smallest absolute Gasteiger partial charge is 0.0307 e. The maximum atomic E-state index is 5.98. The zero-order valence-electron chi connectivity index (χ0n) is 9.93. The summed E-state index contributed by atoms with van der Waals surface area (Å²) in [6.45, 7) is 6.92. The molecule has 2 atom stereocenters. The zero-order chi connectivity index (χ0) is 10.6. The van der Waals surface area contributed by atoms with Gasteiger partial charge in [-0.15, -0.1) is 11.6 Å². The van der Waals surface area contributed by atoms with Crippen molar-refractivity contribution < 1.29 is 0 Å². The molecule has 1 fully saturated rings. The average Bonchev–Trinajstić information content (AvgIpc) is 2.15. The molecule has 0 amide bonds. The fourth-order valence-electron chi connectivity index (χ4n) is 2.58. The minimum atomic E-state index is 0.361. The Hall–Kier alpha value is 0.290. The van der Waals surface area contributed by atoms with Crippen molar-refractivity contribution in [3.63, 3.8) is 0 Å². The summed E-state index contributed by atoms with van der Waals surface area (Å²) in [7, 11) is 0. The van der Waals surface area contributed by atoms with Crippen LogP contribution in [0.1, 0.15) is 59.3 Å². The van der Waals surface area contributed by atoms with Gasteiger partial charge in [-0.3, -0.25) is 0 Å². The van der Waals surface area contributed by atoms with Crippen molar-refractivity contribution in [1.29, 1.82) is 0 Å². The van der Waals surface area contributed by atoms with Crippen LogP contribution in [0.4, 0.5) is 0 Å². The summed E-state index contributed by atoms with van der Waals surface area (Å²) in [6.07, 6.45) is 8.33. The quantitative estimate of drug-likeness (QED) is 0.589. The fraction of sp³-hybridized carbons (Fsp3) is 1.00. The molecule has 1 saturated carbocycles. The summed E-state index contributed by atoms with van der Waals surface area (Å²) in [5, 5.41) is 0.361. The largest absolute Gasteiger partial charge is 0.123 e. The predicted octanol–water partition coefficient (Wildman–Crippen LogP) is 4.86. The Labute approximate surface area is 94.4 Å². The maximum absolute atomic E-state index is 5.98. The first-order valence-corrected chi connectivity index (χ1v) is 6.67. The summed E-state index contributed by atoms with van der Waals surface area (Å²) in [5.41, 5.74) is 0. The monoisotopic (exact) mass is 216 g/mol. The van der Waals surface area contributed by atoms with Crippen molar-refractivity contribution >= 4 is 11.6 Å². The second-order valence-electron chi connectivity index (χ2n) is 5.36. The highest BCUT2D eigenvalue weighted by atomic mass is 35.5. The molecule has 0 spiro atoms. The lowest BCUT2D eigenvalue weighted by molar-refractivity contribution is 0.213. The zero-order valence-corrected chi connectivity index (χ0v) is 10.7. The van der Waals surface area contributed by atoms with E-state index in [4.69, 9.17) is 11.6 Å². The van der Waals surface area contributed by atoms with Crippen molar-refractivity contribution in [3.05, 3.63) is 0 Å². The lowest BCUT2D eigenvalue weighted by Crippen LogP contribution is -2.19. The van der Waals surface area contributed by atoms with Crippen LogP contribution in [0.15, 0.2) is 0 Å². The summed E-state index contributed by atoms with van der Waals surface area (Å²) >= 11 is 5.98. The van der Waals surface area contributed by atoms with Crippen molar-refractivity contribution in [2.24, 2.45) is 17.8 Å². The van der Waals surface area contributed by atoms with E-state index in [0.29, 0.717) is 5.38 Å². The molecule has 1 rings (SSSR count). The minimum absolute atomic E-state index is 0.361. The molecule has 0 nitrogen and oxygen atoms in total. The highest BCUT2D eigenvalue weighted by Crippen LogP contribution is 2.35. The molecule has 0 aromatic heterocycles. The van der Waals surface area contributed by atoms with Gasteiger partial charge in [-0.2, -0.15) is 0 Å². The van der Waals surface area contributed by atoms with Gasteiger partial charge < -0.3 is 0 Å². The molecule has 1 aliphatic carbocycles. The van der Waals surface area contributed by atoms with E-state index in [1.165, 1.54) is 38.5 Å². The van der Waals surface area contributed by atoms with Gasteiger partial charge in [0, 0.05) is 5.38 Å². The van der Waals surface area contributed by atoms with Gasteiger partial charge in [0.2, 0.25) is 0 Å². The summed E-state index contributed by atoms with van der Waals surface area (Å²) < 4.78 is 0. The molecule has 0 aliphatic heterocycles. The Kier molecular flexibility index (Phi) is 5.30. The number of hydrogen-bond donors (Lipinski definition) is 0. The third-order valence-electron chi connectivity index (χ3n) is 3.89. The van der Waals surface area contributed by atoms with Crippen LogP contribution in [0.25, 0.3) is 0 Å². The molecule has 1 heteroatoms. The third kappa shape index (κ3) is 4.21. The molecular formula is C13H25Cl. The van der Waals surface area contributed by atoms with Gasteiger partial charge in [-0.05, 0) is 50.4 Å². The van der Waals surface area contributed by atoms with Gasteiger partial charge in [-0.25, -0.2) is 0 Å². The van der Waals surface area contributed by atoms with Crippen molar-refractivity contribution in [2.75, 3.05) is 0 Å². The molecule has 0 bridgehead atoms. The SMILES string of the molecule is CC(Cl)CCC(C)C1CCC(C)CC1. The summed E-state index contributed by atoms with van der Waals surface area (Å²) in [6, 6.07) is 0. The van der Waals surface area contributed by atoms with Crippen LogP contribution in [0.2, 0.25) is 0 Å². The molecular weight excluding hydrogens is 192 g/mol. The van der Waals surface area contributed by atoms with Gasteiger partial charge in [0.1, 0.15) is 0 Å². The molecule has 14 heavy (non-hydrogen) atoms. The number of alkyl halides is 1. The number of halogens is 1. The van der Waals surface area contributed by atoms with Gasteiger partial charge in [-0.1, -0.05) is 26.7 Å². The number of hydrogen-bond acceptors (Lipinski definition) is 0. The Morgan fingerprint density at radius 1 is 1.07 bits per heavy atom. The highest BCUT2D eigenvalue weighted by Gasteiger charge is 2.22. The fourth-order valence-corrected chi connectivity index (χ4v) is 2.71. The van der Waals surface area contributed by atoms with E-state index in [1.54, 1.807) is 0 Å². The van der Waals surface area contributed by atoms with Gasteiger partial charge >= 0.3 is 0 Å². The Bertz CT molecular complexity index is 145. The van der Waals surface area contributed by atoms with E-state index in [1.807, 2.05) is 0 Å². The average molecular weight is 217 g/mol.